The number of aryl methyl sites for hydroxylation is 2. The van der Waals surface area contributed by atoms with Gasteiger partial charge in [0.15, 0.2) is 0 Å². The second-order valence-electron chi connectivity index (χ2n) is 6.93. The maximum Gasteiger partial charge on any atom is 0.208 e. The molecule has 0 saturated carbocycles. The molecule has 0 atom stereocenters. The molecule has 0 fully saturated rings. The Bertz CT molecular complexity index is 910. The minimum absolute atomic E-state index is 0.846. The molecule has 0 aliphatic carbocycles. The Kier molecular flexibility index (Phi) is 5.89. The highest BCUT2D eigenvalue weighted by Crippen LogP contribution is 2.31. The maximum absolute atomic E-state index is 5.31. The van der Waals surface area contributed by atoms with Gasteiger partial charge in [0.25, 0.3) is 0 Å². The molecule has 0 unspecified atom stereocenters. The van der Waals surface area contributed by atoms with Crippen LogP contribution in [-0.4, -0.2) is 29.8 Å². The number of methoxy groups -OCH3 is 1. The Morgan fingerprint density at radius 1 is 1.11 bits per heavy atom. The molecule has 3 aromatic rings. The summed E-state index contributed by atoms with van der Waals surface area (Å²) in [5, 5.41) is 3.49. The van der Waals surface area contributed by atoms with Crippen LogP contribution >= 0.6 is 0 Å². The van der Waals surface area contributed by atoms with Crippen molar-refractivity contribution in [1.29, 1.82) is 0 Å². The van der Waals surface area contributed by atoms with Gasteiger partial charge in [-0.3, -0.25) is 0 Å². The van der Waals surface area contributed by atoms with Gasteiger partial charge in [0, 0.05) is 25.8 Å². The Labute approximate surface area is 162 Å². The first-order valence-corrected chi connectivity index (χ1v) is 9.71. The van der Waals surface area contributed by atoms with Gasteiger partial charge in [-0.15, -0.1) is 0 Å². The molecular formula is C22H30N4O. The van der Waals surface area contributed by atoms with Gasteiger partial charge >= 0.3 is 0 Å². The topological polar surface area (TPSA) is 42.3 Å². The lowest BCUT2D eigenvalue weighted by Crippen LogP contribution is -2.25. The van der Waals surface area contributed by atoms with Crippen molar-refractivity contribution in [1.82, 2.24) is 9.55 Å². The van der Waals surface area contributed by atoms with E-state index in [2.05, 4.69) is 60.8 Å². The first kappa shape index (κ1) is 19.1. The zero-order chi connectivity index (χ0) is 19.4. The van der Waals surface area contributed by atoms with Crippen molar-refractivity contribution < 1.29 is 4.74 Å². The van der Waals surface area contributed by atoms with Gasteiger partial charge in [-0.05, 0) is 55.7 Å². The number of nitrogens with one attached hydrogen (secondary N) is 1. The number of benzene rings is 2. The normalized spacial score (nSPS) is 11.0. The number of ether oxygens (including phenoxy) is 1. The third-order valence-corrected chi connectivity index (χ3v) is 4.88. The smallest absolute Gasteiger partial charge is 0.208 e. The molecule has 0 saturated heterocycles. The van der Waals surface area contributed by atoms with Crippen LogP contribution in [0, 0.1) is 6.92 Å². The number of fused-ring (bicyclic) bond motifs is 1. The average molecular weight is 367 g/mol. The number of imidazole rings is 1. The summed E-state index contributed by atoms with van der Waals surface area (Å²) in [5.41, 5.74) is 5.61. The molecule has 5 nitrogen and oxygen atoms in total. The van der Waals surface area contributed by atoms with Gasteiger partial charge in [-0.2, -0.15) is 0 Å². The summed E-state index contributed by atoms with van der Waals surface area (Å²) in [6, 6.07) is 12.4. The monoisotopic (exact) mass is 366 g/mol. The Morgan fingerprint density at radius 2 is 1.85 bits per heavy atom. The number of rotatable bonds is 8. The Hall–Kier alpha value is -2.69. The van der Waals surface area contributed by atoms with Crippen molar-refractivity contribution in [2.75, 3.05) is 30.4 Å². The van der Waals surface area contributed by atoms with Gasteiger partial charge in [-0.25, -0.2) is 4.98 Å². The van der Waals surface area contributed by atoms with Crippen LogP contribution in [0.15, 0.2) is 36.4 Å². The first-order valence-electron chi connectivity index (χ1n) is 9.71. The molecular weight excluding hydrogens is 336 g/mol. The molecule has 5 heteroatoms. The zero-order valence-electron chi connectivity index (χ0n) is 17.0. The van der Waals surface area contributed by atoms with Gasteiger partial charge < -0.3 is 19.5 Å². The molecule has 0 bridgehead atoms. The Morgan fingerprint density at radius 3 is 2.48 bits per heavy atom. The minimum Gasteiger partial charge on any atom is -0.497 e. The van der Waals surface area contributed by atoms with Gasteiger partial charge in [0.2, 0.25) is 5.95 Å². The number of para-hydroxylation sites is 1. The quantitative estimate of drug-likeness (QED) is 0.590. The van der Waals surface area contributed by atoms with Crippen LogP contribution in [-0.2, 0) is 7.05 Å². The van der Waals surface area contributed by atoms with Gasteiger partial charge in [-0.1, -0.05) is 19.9 Å². The van der Waals surface area contributed by atoms with E-state index in [1.54, 1.807) is 7.11 Å². The standard InChI is InChI=1S/C22H30N4O/c1-6-13-26(14-7-2)20-10-8-9-19-21(20)25(4)22(24-19)23-18-12-11-17(27-5)15-16(18)3/h8-12,15H,6-7,13-14H2,1-5H3,(H,23,24). The maximum atomic E-state index is 5.31. The van der Waals surface area contributed by atoms with Crippen molar-refractivity contribution >= 4 is 28.4 Å². The van der Waals surface area contributed by atoms with Crippen LogP contribution in [0.4, 0.5) is 17.3 Å². The molecule has 1 heterocycles. The fourth-order valence-electron chi connectivity index (χ4n) is 3.53. The summed E-state index contributed by atoms with van der Waals surface area (Å²) < 4.78 is 7.47. The van der Waals surface area contributed by atoms with E-state index in [9.17, 15) is 0 Å². The summed E-state index contributed by atoms with van der Waals surface area (Å²) >= 11 is 0. The van der Waals surface area contributed by atoms with E-state index in [1.165, 1.54) is 11.2 Å². The van der Waals surface area contributed by atoms with Crippen LogP contribution in [0.25, 0.3) is 11.0 Å². The molecule has 0 amide bonds. The fourth-order valence-corrected chi connectivity index (χ4v) is 3.53. The molecule has 1 N–H and O–H groups in total. The molecule has 3 rings (SSSR count). The van der Waals surface area contributed by atoms with E-state index in [4.69, 9.17) is 9.72 Å². The van der Waals surface area contributed by atoms with Crippen molar-refractivity contribution in [3.63, 3.8) is 0 Å². The molecule has 1 aromatic heterocycles. The van der Waals surface area contributed by atoms with Crippen molar-refractivity contribution in [2.45, 2.75) is 33.6 Å². The van der Waals surface area contributed by atoms with Crippen LogP contribution in [0.2, 0.25) is 0 Å². The van der Waals surface area contributed by atoms with Gasteiger partial charge in [0.1, 0.15) is 5.75 Å². The highest BCUT2D eigenvalue weighted by Gasteiger charge is 2.16. The number of nitrogens with zero attached hydrogens (tertiary/aromatic N) is 3. The SMILES string of the molecule is CCCN(CCC)c1cccc2nc(Nc3ccc(OC)cc3C)n(C)c12. The lowest BCUT2D eigenvalue weighted by molar-refractivity contribution is 0.414. The second-order valence-corrected chi connectivity index (χ2v) is 6.93. The van der Waals surface area contributed by atoms with Crippen LogP contribution in [0.1, 0.15) is 32.3 Å². The van der Waals surface area contributed by atoms with E-state index in [0.29, 0.717) is 0 Å². The molecule has 2 aromatic carbocycles. The lowest BCUT2D eigenvalue weighted by Gasteiger charge is -2.25. The highest BCUT2D eigenvalue weighted by molar-refractivity contribution is 5.91. The summed E-state index contributed by atoms with van der Waals surface area (Å²) in [5.74, 6) is 1.71. The average Bonchev–Trinajstić information content (AvgIpc) is 2.99. The summed E-state index contributed by atoms with van der Waals surface area (Å²) in [6.07, 6.45) is 2.26. The van der Waals surface area contributed by atoms with Crippen LogP contribution < -0.4 is 15.0 Å². The largest absolute Gasteiger partial charge is 0.497 e. The molecule has 0 aliphatic heterocycles. The third-order valence-electron chi connectivity index (χ3n) is 4.88. The van der Waals surface area contributed by atoms with E-state index >= 15 is 0 Å². The molecule has 0 radical (unpaired) electrons. The fraction of sp³-hybridized carbons (Fsp3) is 0.409. The molecule has 0 spiro atoms. The first-order chi connectivity index (χ1) is 13.1. The highest BCUT2D eigenvalue weighted by atomic mass is 16.5. The van der Waals surface area contributed by atoms with E-state index in [1.807, 2.05) is 18.2 Å². The van der Waals surface area contributed by atoms with Crippen LogP contribution in [0.5, 0.6) is 5.75 Å². The van der Waals surface area contributed by atoms with E-state index < -0.39 is 0 Å². The minimum atomic E-state index is 0.846. The van der Waals surface area contributed by atoms with E-state index in [0.717, 1.165) is 54.4 Å². The number of hydrogen-bond donors (Lipinski definition) is 1. The summed E-state index contributed by atoms with van der Waals surface area (Å²) in [6.45, 7) is 8.64. The number of hydrogen-bond acceptors (Lipinski definition) is 4. The third kappa shape index (κ3) is 3.87. The number of anilines is 3. The summed E-state index contributed by atoms with van der Waals surface area (Å²) in [7, 11) is 3.77. The predicted molar refractivity (Wildman–Crippen MR) is 115 cm³/mol. The van der Waals surface area contributed by atoms with Crippen LogP contribution in [0.3, 0.4) is 0 Å². The Balaban J connectivity index is 2.01. The lowest BCUT2D eigenvalue weighted by atomic mass is 10.2. The van der Waals surface area contributed by atoms with Crippen molar-refractivity contribution in [3.05, 3.63) is 42.0 Å². The molecule has 27 heavy (non-hydrogen) atoms. The summed E-state index contributed by atoms with van der Waals surface area (Å²) in [4.78, 5) is 7.31. The van der Waals surface area contributed by atoms with E-state index in [-0.39, 0.29) is 0 Å². The van der Waals surface area contributed by atoms with Gasteiger partial charge in [0.05, 0.1) is 23.8 Å². The second kappa shape index (κ2) is 8.33. The van der Waals surface area contributed by atoms with Crippen molar-refractivity contribution in [3.8, 4) is 5.75 Å². The predicted octanol–water partition coefficient (Wildman–Crippen LogP) is 5.26. The molecule has 0 aliphatic rings. The van der Waals surface area contributed by atoms with Crippen molar-refractivity contribution in [2.24, 2.45) is 7.05 Å². The number of aromatic nitrogens is 2. The molecule has 144 valence electrons. The zero-order valence-corrected chi connectivity index (χ0v) is 17.0.